The number of rotatable bonds is 6. The highest BCUT2D eigenvalue weighted by Crippen LogP contribution is 2.27. The molecular weight excluding hydrogens is 316 g/mol. The van der Waals surface area contributed by atoms with E-state index in [0.29, 0.717) is 11.8 Å². The topological polar surface area (TPSA) is 52.8 Å². The fourth-order valence-electron chi connectivity index (χ4n) is 1.98. The van der Waals surface area contributed by atoms with Crippen molar-refractivity contribution in [3.8, 4) is 10.9 Å². The summed E-state index contributed by atoms with van der Waals surface area (Å²) in [6, 6.07) is 8.36. The highest BCUT2D eigenvalue weighted by atomic mass is 32.2. The van der Waals surface area contributed by atoms with Gasteiger partial charge in [0.2, 0.25) is 0 Å². The number of imidazole rings is 1. The van der Waals surface area contributed by atoms with Gasteiger partial charge >= 0.3 is 0 Å². The largest absolute Gasteiger partial charge is 0.469 e. The molecule has 0 aliphatic carbocycles. The fourth-order valence-corrected chi connectivity index (χ4v) is 3.68. The summed E-state index contributed by atoms with van der Waals surface area (Å²) in [6.45, 7) is 4.64. The molecule has 0 spiro atoms. The number of ether oxygens (including phenoxy) is 1. The van der Waals surface area contributed by atoms with Crippen molar-refractivity contribution in [3.63, 3.8) is 0 Å². The molecule has 0 saturated heterocycles. The summed E-state index contributed by atoms with van der Waals surface area (Å²) >= 11 is 3.12. The zero-order valence-corrected chi connectivity index (χ0v) is 14.0. The van der Waals surface area contributed by atoms with Crippen molar-refractivity contribution in [2.24, 2.45) is 0 Å². The van der Waals surface area contributed by atoms with E-state index in [0.717, 1.165) is 21.6 Å². The van der Waals surface area contributed by atoms with E-state index < -0.39 is 0 Å². The third kappa shape index (κ3) is 3.48. The van der Waals surface area contributed by atoms with Crippen LogP contribution in [0.15, 0.2) is 41.8 Å². The Morgan fingerprint density at radius 2 is 2.23 bits per heavy atom. The van der Waals surface area contributed by atoms with Crippen LogP contribution in [0.25, 0.3) is 5.69 Å². The van der Waals surface area contributed by atoms with Gasteiger partial charge in [-0.3, -0.25) is 4.57 Å². The summed E-state index contributed by atoms with van der Waals surface area (Å²) in [6.07, 6.45) is 3.79. The zero-order chi connectivity index (χ0) is 15.4. The number of benzene rings is 1. The lowest BCUT2D eigenvalue weighted by Crippen LogP contribution is -1.95. The zero-order valence-electron chi connectivity index (χ0n) is 12.4. The van der Waals surface area contributed by atoms with E-state index >= 15 is 0 Å². The number of hydrogen-bond donors (Lipinski definition) is 0. The second kappa shape index (κ2) is 6.93. The van der Waals surface area contributed by atoms with Gasteiger partial charge in [-0.2, -0.15) is 0 Å². The maximum absolute atomic E-state index is 5.34. The molecular formula is C15H16N4OS2. The van der Waals surface area contributed by atoms with Crippen molar-refractivity contribution < 1.29 is 4.74 Å². The van der Waals surface area contributed by atoms with E-state index in [4.69, 9.17) is 4.74 Å². The standard InChI is InChI=1S/C15H16N4OS2/c1-3-20-15-18-17-13(22-15)10-21-14-16-7-8-19(14)12-6-4-5-11(2)9-12/h4-9H,3,10H2,1-2H3. The molecule has 0 aliphatic heterocycles. The Bertz CT molecular complexity index is 753. The molecule has 2 heterocycles. The van der Waals surface area contributed by atoms with Gasteiger partial charge in [-0.25, -0.2) is 4.98 Å². The van der Waals surface area contributed by atoms with Gasteiger partial charge in [-0.15, -0.1) is 10.2 Å². The summed E-state index contributed by atoms with van der Waals surface area (Å²) in [5.74, 6) is 0.730. The van der Waals surface area contributed by atoms with Gasteiger partial charge in [-0.05, 0) is 31.5 Å². The summed E-state index contributed by atoms with van der Waals surface area (Å²) in [4.78, 5) is 4.43. The molecule has 0 N–H and O–H groups in total. The smallest absolute Gasteiger partial charge is 0.294 e. The molecule has 0 amide bonds. The summed E-state index contributed by atoms with van der Waals surface area (Å²) < 4.78 is 7.43. The summed E-state index contributed by atoms with van der Waals surface area (Å²) in [5.41, 5.74) is 2.35. The predicted octanol–water partition coefficient (Wildman–Crippen LogP) is 3.72. The maximum atomic E-state index is 5.34. The van der Waals surface area contributed by atoms with E-state index in [1.165, 1.54) is 16.9 Å². The quantitative estimate of drug-likeness (QED) is 0.644. The normalized spacial score (nSPS) is 10.8. The minimum absolute atomic E-state index is 0.611. The SMILES string of the molecule is CCOc1nnc(CSc2nccn2-c2cccc(C)c2)s1. The molecule has 114 valence electrons. The van der Waals surface area contributed by atoms with Gasteiger partial charge < -0.3 is 4.74 Å². The van der Waals surface area contributed by atoms with Crippen LogP contribution in [0.4, 0.5) is 0 Å². The first kappa shape index (κ1) is 15.1. The molecule has 2 aromatic heterocycles. The highest BCUT2D eigenvalue weighted by Gasteiger charge is 2.09. The Morgan fingerprint density at radius 3 is 3.05 bits per heavy atom. The molecule has 7 heteroatoms. The third-order valence-electron chi connectivity index (χ3n) is 2.93. The van der Waals surface area contributed by atoms with Gasteiger partial charge in [0.05, 0.1) is 12.4 Å². The van der Waals surface area contributed by atoms with Gasteiger partial charge in [0.25, 0.3) is 5.19 Å². The maximum Gasteiger partial charge on any atom is 0.294 e. The monoisotopic (exact) mass is 332 g/mol. The highest BCUT2D eigenvalue weighted by molar-refractivity contribution is 7.98. The molecule has 1 aromatic carbocycles. The number of nitrogens with zero attached hydrogens (tertiary/aromatic N) is 4. The fraction of sp³-hybridized carbons (Fsp3) is 0.267. The van der Waals surface area contributed by atoms with Crippen LogP contribution in [0.2, 0.25) is 0 Å². The minimum Gasteiger partial charge on any atom is -0.469 e. The second-order valence-electron chi connectivity index (χ2n) is 4.60. The van der Waals surface area contributed by atoms with Gasteiger partial charge in [0, 0.05) is 18.1 Å². The average molecular weight is 332 g/mol. The van der Waals surface area contributed by atoms with Gasteiger partial charge in [0.15, 0.2) is 5.16 Å². The molecule has 3 aromatic rings. The molecule has 22 heavy (non-hydrogen) atoms. The Balaban J connectivity index is 1.72. The molecule has 0 bridgehead atoms. The molecule has 0 radical (unpaired) electrons. The first-order chi connectivity index (χ1) is 10.8. The lowest BCUT2D eigenvalue weighted by atomic mass is 10.2. The summed E-state index contributed by atoms with van der Waals surface area (Å²) in [5, 5.41) is 10.6. The van der Waals surface area contributed by atoms with Crippen molar-refractivity contribution in [1.29, 1.82) is 0 Å². The molecule has 0 atom stereocenters. The Labute approximate surface area is 137 Å². The lowest BCUT2D eigenvalue weighted by molar-refractivity contribution is 0.335. The number of aryl methyl sites for hydroxylation is 1. The number of thioether (sulfide) groups is 1. The van der Waals surface area contributed by atoms with Crippen molar-refractivity contribution in [2.45, 2.75) is 24.8 Å². The molecule has 3 rings (SSSR count). The van der Waals surface area contributed by atoms with Crippen LogP contribution in [0.1, 0.15) is 17.5 Å². The second-order valence-corrected chi connectivity index (χ2v) is 6.57. The van der Waals surface area contributed by atoms with Crippen LogP contribution in [0.3, 0.4) is 0 Å². The van der Waals surface area contributed by atoms with Crippen LogP contribution in [0.5, 0.6) is 5.19 Å². The predicted molar refractivity (Wildman–Crippen MR) is 88.9 cm³/mol. The Morgan fingerprint density at radius 1 is 1.32 bits per heavy atom. The number of aromatic nitrogens is 4. The van der Waals surface area contributed by atoms with Crippen molar-refractivity contribution in [3.05, 3.63) is 47.2 Å². The average Bonchev–Trinajstić information content (AvgIpc) is 3.14. The third-order valence-corrected chi connectivity index (χ3v) is 4.92. The molecule has 0 unspecified atom stereocenters. The van der Waals surface area contributed by atoms with Crippen molar-refractivity contribution in [1.82, 2.24) is 19.7 Å². The summed E-state index contributed by atoms with van der Waals surface area (Å²) in [7, 11) is 0. The van der Waals surface area contributed by atoms with Gasteiger partial charge in [-0.1, -0.05) is 35.2 Å². The molecule has 5 nitrogen and oxygen atoms in total. The van der Waals surface area contributed by atoms with Crippen LogP contribution in [-0.4, -0.2) is 26.4 Å². The van der Waals surface area contributed by atoms with Crippen LogP contribution < -0.4 is 4.74 Å². The molecule has 0 fully saturated rings. The Kier molecular flexibility index (Phi) is 4.74. The first-order valence-electron chi connectivity index (χ1n) is 6.94. The van der Waals surface area contributed by atoms with E-state index in [1.807, 2.05) is 19.3 Å². The van der Waals surface area contributed by atoms with E-state index in [9.17, 15) is 0 Å². The van der Waals surface area contributed by atoms with E-state index in [-0.39, 0.29) is 0 Å². The van der Waals surface area contributed by atoms with Crippen LogP contribution in [-0.2, 0) is 5.75 Å². The van der Waals surface area contributed by atoms with Crippen molar-refractivity contribution >= 4 is 23.1 Å². The molecule has 0 saturated carbocycles. The van der Waals surface area contributed by atoms with E-state index in [2.05, 4.69) is 50.9 Å². The van der Waals surface area contributed by atoms with Crippen LogP contribution >= 0.6 is 23.1 Å². The van der Waals surface area contributed by atoms with Gasteiger partial charge in [0.1, 0.15) is 5.01 Å². The number of hydrogen-bond acceptors (Lipinski definition) is 6. The first-order valence-corrected chi connectivity index (χ1v) is 8.75. The Hall–Kier alpha value is -1.86. The lowest BCUT2D eigenvalue weighted by Gasteiger charge is -2.07. The molecule has 0 aliphatic rings. The minimum atomic E-state index is 0.611. The van der Waals surface area contributed by atoms with Crippen molar-refractivity contribution in [2.75, 3.05) is 6.61 Å². The van der Waals surface area contributed by atoms with E-state index in [1.54, 1.807) is 11.8 Å². The van der Waals surface area contributed by atoms with Crippen LogP contribution in [0, 0.1) is 6.92 Å².